The van der Waals surface area contributed by atoms with Crippen molar-refractivity contribution < 1.29 is 23.0 Å². The molecule has 2 fully saturated rings. The van der Waals surface area contributed by atoms with Gasteiger partial charge in [0.15, 0.2) is 5.75 Å². The first-order chi connectivity index (χ1) is 11.0. The van der Waals surface area contributed by atoms with Crippen LogP contribution in [0.2, 0.25) is 5.02 Å². The largest absolute Gasteiger partial charge is 0.433 e. The summed E-state index contributed by atoms with van der Waals surface area (Å²) in [5.74, 6) is -0.154. The van der Waals surface area contributed by atoms with Gasteiger partial charge in [0.05, 0.1) is 12.3 Å². The smallest absolute Gasteiger partial charge is 0.387 e. The SMILES string of the molecule is O=C(Nc1ccc(Cl)cc1OC(F)F)N1CC[C@]2(CCOC2)C1. The highest BCUT2D eigenvalue weighted by Gasteiger charge is 2.42. The molecule has 2 aliphatic rings. The van der Waals surface area contributed by atoms with Crippen molar-refractivity contribution in [2.24, 2.45) is 5.41 Å². The number of likely N-dealkylation sites (tertiary alicyclic amines) is 1. The molecule has 1 aromatic rings. The molecule has 1 N–H and O–H groups in total. The van der Waals surface area contributed by atoms with Gasteiger partial charge in [-0.3, -0.25) is 0 Å². The Morgan fingerprint density at radius 2 is 2.26 bits per heavy atom. The Morgan fingerprint density at radius 1 is 1.43 bits per heavy atom. The van der Waals surface area contributed by atoms with E-state index in [0.717, 1.165) is 19.4 Å². The average molecular weight is 347 g/mol. The van der Waals surface area contributed by atoms with E-state index in [9.17, 15) is 13.6 Å². The Bertz CT molecular complexity index is 594. The van der Waals surface area contributed by atoms with Crippen molar-refractivity contribution in [1.29, 1.82) is 0 Å². The fourth-order valence-electron chi connectivity index (χ4n) is 3.07. The molecular formula is C15H17ClF2N2O3. The van der Waals surface area contributed by atoms with Crippen LogP contribution in [0.1, 0.15) is 12.8 Å². The highest BCUT2D eigenvalue weighted by atomic mass is 35.5. The second-order valence-electron chi connectivity index (χ2n) is 5.92. The van der Waals surface area contributed by atoms with Crippen LogP contribution in [0.3, 0.4) is 0 Å². The van der Waals surface area contributed by atoms with Gasteiger partial charge < -0.3 is 19.7 Å². The number of ether oxygens (including phenoxy) is 2. The number of urea groups is 1. The number of halogens is 3. The number of carbonyl (C=O) groups excluding carboxylic acids is 1. The van der Waals surface area contributed by atoms with Crippen molar-refractivity contribution in [2.45, 2.75) is 19.5 Å². The van der Waals surface area contributed by atoms with Gasteiger partial charge in [-0.05, 0) is 25.0 Å². The maximum atomic E-state index is 12.5. The highest BCUT2D eigenvalue weighted by Crippen LogP contribution is 2.38. The summed E-state index contributed by atoms with van der Waals surface area (Å²) >= 11 is 5.78. The van der Waals surface area contributed by atoms with Gasteiger partial charge in [-0.15, -0.1) is 0 Å². The van der Waals surface area contributed by atoms with Crippen LogP contribution < -0.4 is 10.1 Å². The number of anilines is 1. The predicted octanol–water partition coefficient (Wildman–Crippen LogP) is 3.59. The summed E-state index contributed by atoms with van der Waals surface area (Å²) in [4.78, 5) is 14.1. The van der Waals surface area contributed by atoms with Gasteiger partial charge in [-0.2, -0.15) is 8.78 Å². The summed E-state index contributed by atoms with van der Waals surface area (Å²) in [7, 11) is 0. The van der Waals surface area contributed by atoms with E-state index in [-0.39, 0.29) is 27.9 Å². The monoisotopic (exact) mass is 346 g/mol. The number of nitrogens with one attached hydrogen (secondary N) is 1. The zero-order valence-electron chi connectivity index (χ0n) is 12.4. The fraction of sp³-hybridized carbons (Fsp3) is 0.533. The summed E-state index contributed by atoms with van der Waals surface area (Å²) in [5, 5.41) is 2.87. The molecule has 5 nitrogen and oxygen atoms in total. The van der Waals surface area contributed by atoms with Gasteiger partial charge in [-0.25, -0.2) is 4.79 Å². The lowest BCUT2D eigenvalue weighted by atomic mass is 9.87. The van der Waals surface area contributed by atoms with Crippen LogP contribution in [0.15, 0.2) is 18.2 Å². The predicted molar refractivity (Wildman–Crippen MR) is 81.2 cm³/mol. The summed E-state index contributed by atoms with van der Waals surface area (Å²) in [6.45, 7) is -0.378. The topological polar surface area (TPSA) is 50.8 Å². The lowest BCUT2D eigenvalue weighted by Gasteiger charge is -2.22. The Morgan fingerprint density at radius 3 is 2.96 bits per heavy atom. The van der Waals surface area contributed by atoms with Crippen LogP contribution in [0.4, 0.5) is 19.3 Å². The van der Waals surface area contributed by atoms with Gasteiger partial charge >= 0.3 is 12.6 Å². The van der Waals surface area contributed by atoms with Crippen molar-refractivity contribution >= 4 is 23.3 Å². The molecule has 1 aromatic carbocycles. The number of amides is 2. The Hall–Kier alpha value is -1.60. The molecule has 0 saturated carbocycles. The third kappa shape index (κ3) is 3.67. The van der Waals surface area contributed by atoms with Gasteiger partial charge in [0.25, 0.3) is 0 Å². The maximum absolute atomic E-state index is 12.5. The zero-order chi connectivity index (χ0) is 16.4. The first-order valence-electron chi connectivity index (χ1n) is 7.36. The molecule has 0 bridgehead atoms. The second kappa shape index (κ2) is 6.49. The van der Waals surface area contributed by atoms with Crippen molar-refractivity contribution in [3.63, 3.8) is 0 Å². The molecule has 0 radical (unpaired) electrons. The molecular weight excluding hydrogens is 330 g/mol. The number of alkyl halides is 2. The average Bonchev–Trinajstić information content (AvgIpc) is 3.12. The highest BCUT2D eigenvalue weighted by molar-refractivity contribution is 6.30. The first kappa shape index (κ1) is 16.3. The van der Waals surface area contributed by atoms with Crippen molar-refractivity contribution in [2.75, 3.05) is 31.6 Å². The molecule has 2 aliphatic heterocycles. The molecule has 126 valence electrons. The standard InChI is InChI=1S/C15H17ClF2N2O3/c16-10-1-2-11(12(7-10)23-13(17)18)19-14(21)20-5-3-15(8-20)4-6-22-9-15/h1-2,7,13H,3-6,8-9H2,(H,19,21)/t15-/m0/s1. The van der Waals surface area contributed by atoms with E-state index in [1.807, 2.05) is 0 Å². The second-order valence-corrected chi connectivity index (χ2v) is 6.36. The lowest BCUT2D eigenvalue weighted by molar-refractivity contribution is -0.0493. The number of hydrogen-bond acceptors (Lipinski definition) is 3. The minimum Gasteiger partial charge on any atom is -0.433 e. The quantitative estimate of drug-likeness (QED) is 0.910. The van der Waals surface area contributed by atoms with E-state index in [4.69, 9.17) is 16.3 Å². The third-order valence-electron chi connectivity index (χ3n) is 4.31. The van der Waals surface area contributed by atoms with Crippen LogP contribution in [0.25, 0.3) is 0 Å². The summed E-state index contributed by atoms with van der Waals surface area (Å²) in [6.07, 6.45) is 1.83. The fourth-order valence-corrected chi connectivity index (χ4v) is 3.23. The third-order valence-corrected chi connectivity index (χ3v) is 4.55. The molecule has 1 spiro atoms. The molecule has 1 atom stereocenters. The molecule has 0 aromatic heterocycles. The van der Waals surface area contributed by atoms with Crippen molar-refractivity contribution in [1.82, 2.24) is 4.90 Å². The Kier molecular flexibility index (Phi) is 4.59. The van der Waals surface area contributed by atoms with Crippen LogP contribution in [-0.2, 0) is 4.74 Å². The zero-order valence-corrected chi connectivity index (χ0v) is 13.1. The summed E-state index contributed by atoms with van der Waals surface area (Å²) in [6, 6.07) is 3.86. The van der Waals surface area contributed by atoms with Gasteiger partial charge in [0, 0.05) is 36.2 Å². The van der Waals surface area contributed by atoms with E-state index in [1.54, 1.807) is 4.90 Å². The number of benzene rings is 1. The molecule has 2 amide bonds. The van der Waals surface area contributed by atoms with Crippen molar-refractivity contribution in [3.05, 3.63) is 23.2 Å². The summed E-state index contributed by atoms with van der Waals surface area (Å²) in [5.41, 5.74) is 0.211. The Labute approximate surface area is 137 Å². The summed E-state index contributed by atoms with van der Waals surface area (Å²) < 4.78 is 34.8. The molecule has 8 heteroatoms. The molecule has 2 heterocycles. The van der Waals surface area contributed by atoms with Crippen LogP contribution >= 0.6 is 11.6 Å². The van der Waals surface area contributed by atoms with Gasteiger partial charge in [0.2, 0.25) is 0 Å². The van der Waals surface area contributed by atoms with E-state index in [0.29, 0.717) is 19.7 Å². The van der Waals surface area contributed by atoms with E-state index in [1.165, 1.54) is 18.2 Å². The molecule has 0 aliphatic carbocycles. The van der Waals surface area contributed by atoms with Gasteiger partial charge in [-0.1, -0.05) is 11.6 Å². The number of nitrogens with zero attached hydrogens (tertiary/aromatic N) is 1. The lowest BCUT2D eigenvalue weighted by Crippen LogP contribution is -2.35. The Balaban J connectivity index is 1.68. The van der Waals surface area contributed by atoms with Crippen molar-refractivity contribution in [3.8, 4) is 5.75 Å². The van der Waals surface area contributed by atoms with E-state index in [2.05, 4.69) is 10.1 Å². The molecule has 2 saturated heterocycles. The molecule has 3 rings (SSSR count). The van der Waals surface area contributed by atoms with Gasteiger partial charge in [0.1, 0.15) is 0 Å². The van der Waals surface area contributed by atoms with E-state index < -0.39 is 6.61 Å². The van der Waals surface area contributed by atoms with Crippen LogP contribution in [0.5, 0.6) is 5.75 Å². The number of hydrogen-bond donors (Lipinski definition) is 1. The number of carbonyl (C=O) groups is 1. The number of rotatable bonds is 3. The maximum Gasteiger partial charge on any atom is 0.387 e. The van der Waals surface area contributed by atoms with Crippen LogP contribution in [0, 0.1) is 5.41 Å². The van der Waals surface area contributed by atoms with E-state index >= 15 is 0 Å². The minimum absolute atomic E-state index is 0.0413. The minimum atomic E-state index is -2.99. The molecule has 23 heavy (non-hydrogen) atoms. The molecule has 0 unspecified atom stereocenters. The van der Waals surface area contributed by atoms with Crippen LogP contribution in [-0.4, -0.2) is 43.8 Å². The first-order valence-corrected chi connectivity index (χ1v) is 7.73. The normalized spacial score (nSPS) is 23.7.